The van der Waals surface area contributed by atoms with Crippen molar-refractivity contribution in [2.75, 3.05) is 0 Å². The van der Waals surface area contributed by atoms with Gasteiger partial charge in [-0.2, -0.15) is 4.68 Å². The number of aromatic nitrogens is 4. The van der Waals surface area contributed by atoms with Crippen molar-refractivity contribution in [1.29, 1.82) is 0 Å². The Labute approximate surface area is 176 Å². The number of aliphatic imine (C=N–C) groups is 1. The van der Waals surface area contributed by atoms with Gasteiger partial charge in [0.05, 0.1) is 28.0 Å². The van der Waals surface area contributed by atoms with Crippen molar-refractivity contribution in [3.8, 4) is 16.4 Å². The predicted octanol–water partition coefficient (Wildman–Crippen LogP) is 4.46. The molecule has 0 saturated heterocycles. The summed E-state index contributed by atoms with van der Waals surface area (Å²) >= 11 is 1.47. The Bertz CT molecular complexity index is 1350. The number of fused-ring (bicyclic) bond motifs is 1. The van der Waals surface area contributed by atoms with Crippen LogP contribution >= 0.6 is 11.3 Å². The summed E-state index contributed by atoms with van der Waals surface area (Å²) < 4.78 is 2.53. The van der Waals surface area contributed by atoms with Crippen molar-refractivity contribution >= 4 is 27.8 Å². The van der Waals surface area contributed by atoms with Gasteiger partial charge in [-0.3, -0.25) is 19.9 Å². The second kappa shape index (κ2) is 7.88. The van der Waals surface area contributed by atoms with Crippen molar-refractivity contribution < 1.29 is 0 Å². The zero-order valence-corrected chi connectivity index (χ0v) is 16.7. The van der Waals surface area contributed by atoms with Crippen molar-refractivity contribution in [3.05, 3.63) is 101 Å². The Balaban J connectivity index is 1.60. The lowest BCUT2D eigenvalue weighted by atomic mass is 10.1. The molecule has 5 rings (SSSR count). The molecule has 0 atom stereocenters. The molecule has 0 aliphatic heterocycles. The van der Waals surface area contributed by atoms with Gasteiger partial charge in [0.15, 0.2) is 0 Å². The molecule has 0 unspecified atom stereocenters. The van der Waals surface area contributed by atoms with E-state index in [0.717, 1.165) is 27.0 Å². The average molecular weight is 411 g/mol. The normalized spacial score (nSPS) is 11.5. The zero-order chi connectivity index (χ0) is 20.3. The lowest BCUT2D eigenvalue weighted by molar-refractivity contribution is 0.845. The molecule has 3 heterocycles. The minimum atomic E-state index is -0.178. The molecule has 2 aromatic carbocycles. The number of rotatable bonds is 5. The molecule has 0 bridgehead atoms. The van der Waals surface area contributed by atoms with Gasteiger partial charge in [-0.05, 0) is 23.8 Å². The fourth-order valence-electron chi connectivity index (χ4n) is 3.22. The maximum Gasteiger partial charge on any atom is 0.282 e. The highest BCUT2D eigenvalue weighted by atomic mass is 32.1. The summed E-state index contributed by atoms with van der Waals surface area (Å²) in [5.41, 5.74) is 3.81. The summed E-state index contributed by atoms with van der Waals surface area (Å²) in [6.45, 7) is 0.452. The van der Waals surface area contributed by atoms with E-state index in [4.69, 9.17) is 0 Å². The van der Waals surface area contributed by atoms with Gasteiger partial charge >= 0.3 is 0 Å². The second-order valence-corrected chi connectivity index (χ2v) is 7.71. The summed E-state index contributed by atoms with van der Waals surface area (Å²) in [5.74, 6) is 0. The highest BCUT2D eigenvalue weighted by Gasteiger charge is 2.17. The Morgan fingerprint density at radius 1 is 1.03 bits per heavy atom. The van der Waals surface area contributed by atoms with Crippen LogP contribution in [-0.2, 0) is 6.54 Å². The molecule has 146 valence electrons. The van der Waals surface area contributed by atoms with Crippen LogP contribution < -0.4 is 5.56 Å². The lowest BCUT2D eigenvalue weighted by Gasteiger charge is -1.99. The van der Waals surface area contributed by atoms with Crippen LogP contribution in [0.1, 0.15) is 11.1 Å². The number of hydrogen-bond acceptors (Lipinski definition) is 5. The van der Waals surface area contributed by atoms with Crippen LogP contribution in [-0.4, -0.2) is 26.0 Å². The number of benzene rings is 2. The first-order chi connectivity index (χ1) is 14.8. The van der Waals surface area contributed by atoms with E-state index in [-0.39, 0.29) is 5.56 Å². The van der Waals surface area contributed by atoms with Crippen molar-refractivity contribution in [1.82, 2.24) is 19.7 Å². The topological polar surface area (TPSA) is 75.9 Å². The Hall–Kier alpha value is -3.84. The molecule has 3 aromatic heterocycles. The highest BCUT2D eigenvalue weighted by Crippen LogP contribution is 2.25. The summed E-state index contributed by atoms with van der Waals surface area (Å²) in [5, 5.41) is 3.84. The van der Waals surface area contributed by atoms with Crippen LogP contribution in [0.4, 0.5) is 0 Å². The molecule has 0 radical (unpaired) electrons. The molecule has 6 nitrogen and oxygen atoms in total. The van der Waals surface area contributed by atoms with E-state index in [0.29, 0.717) is 17.2 Å². The molecule has 0 saturated carbocycles. The highest BCUT2D eigenvalue weighted by molar-refractivity contribution is 7.20. The molecule has 5 aromatic rings. The molecule has 0 spiro atoms. The standard InChI is InChI=1S/C23H17N5OS/c29-22-18(15-25-14-16-7-6-12-24-13-16)21(17-8-2-1-3-9-17)27-28(22)23-26-19-10-4-5-11-20(19)30-23/h1-13,15,27H,14H2. The number of nitrogens with one attached hydrogen (secondary N) is 1. The Morgan fingerprint density at radius 2 is 1.87 bits per heavy atom. The third-order valence-corrected chi connectivity index (χ3v) is 5.70. The first kappa shape index (κ1) is 18.2. The molecule has 1 N–H and O–H groups in total. The number of aromatic amines is 1. The van der Waals surface area contributed by atoms with E-state index >= 15 is 0 Å². The van der Waals surface area contributed by atoms with Gasteiger partial charge in [0.25, 0.3) is 5.56 Å². The molecular formula is C23H17N5OS. The van der Waals surface area contributed by atoms with E-state index in [9.17, 15) is 4.79 Å². The van der Waals surface area contributed by atoms with Gasteiger partial charge < -0.3 is 0 Å². The average Bonchev–Trinajstić information content (AvgIpc) is 3.36. The largest absolute Gasteiger partial charge is 0.288 e. The van der Waals surface area contributed by atoms with Crippen LogP contribution in [0.3, 0.4) is 0 Å². The van der Waals surface area contributed by atoms with Gasteiger partial charge in [0.1, 0.15) is 0 Å². The fraction of sp³-hybridized carbons (Fsp3) is 0.0435. The number of H-pyrrole nitrogens is 1. The number of para-hydroxylation sites is 1. The predicted molar refractivity (Wildman–Crippen MR) is 121 cm³/mol. The summed E-state index contributed by atoms with van der Waals surface area (Å²) in [4.78, 5) is 26.5. The minimum Gasteiger partial charge on any atom is -0.288 e. The van der Waals surface area contributed by atoms with Gasteiger partial charge in [0.2, 0.25) is 5.13 Å². The fourth-order valence-corrected chi connectivity index (χ4v) is 4.14. The molecule has 0 aliphatic rings. The number of nitrogens with zero attached hydrogens (tertiary/aromatic N) is 4. The maximum absolute atomic E-state index is 13.3. The first-order valence-electron chi connectivity index (χ1n) is 9.45. The first-order valence-corrected chi connectivity index (χ1v) is 10.3. The van der Waals surface area contributed by atoms with Crippen LogP contribution in [0.5, 0.6) is 0 Å². The number of hydrogen-bond donors (Lipinski definition) is 1. The SMILES string of the molecule is O=c1c(C=NCc2cccnc2)c(-c2ccccc2)[nH]n1-c1nc2ccccc2s1. The third kappa shape index (κ3) is 3.46. The second-order valence-electron chi connectivity index (χ2n) is 6.70. The molecule has 0 amide bonds. The van der Waals surface area contributed by atoms with E-state index in [2.05, 4.69) is 20.1 Å². The maximum atomic E-state index is 13.3. The van der Waals surface area contributed by atoms with E-state index in [1.807, 2.05) is 66.7 Å². The monoisotopic (exact) mass is 411 g/mol. The zero-order valence-electron chi connectivity index (χ0n) is 15.9. The van der Waals surface area contributed by atoms with Gasteiger partial charge in [0, 0.05) is 24.2 Å². The van der Waals surface area contributed by atoms with E-state index in [1.54, 1.807) is 18.6 Å². The van der Waals surface area contributed by atoms with Crippen molar-refractivity contribution in [2.24, 2.45) is 4.99 Å². The quantitative estimate of drug-likeness (QED) is 0.434. The van der Waals surface area contributed by atoms with Crippen molar-refractivity contribution in [2.45, 2.75) is 6.54 Å². The van der Waals surface area contributed by atoms with Crippen LogP contribution in [0.2, 0.25) is 0 Å². The van der Waals surface area contributed by atoms with Gasteiger partial charge in [-0.15, -0.1) is 0 Å². The van der Waals surface area contributed by atoms with Gasteiger partial charge in [-0.25, -0.2) is 4.98 Å². The molecular weight excluding hydrogens is 394 g/mol. The summed E-state index contributed by atoms with van der Waals surface area (Å²) in [6.07, 6.45) is 5.13. The van der Waals surface area contributed by atoms with Crippen LogP contribution in [0.25, 0.3) is 26.6 Å². The summed E-state index contributed by atoms with van der Waals surface area (Å²) in [7, 11) is 0. The molecule has 0 fully saturated rings. The van der Waals surface area contributed by atoms with Crippen LogP contribution in [0.15, 0.2) is 88.9 Å². The number of thiazole rings is 1. The smallest absolute Gasteiger partial charge is 0.282 e. The Morgan fingerprint density at radius 3 is 2.67 bits per heavy atom. The van der Waals surface area contributed by atoms with E-state index < -0.39 is 0 Å². The van der Waals surface area contributed by atoms with Gasteiger partial charge in [-0.1, -0.05) is 59.9 Å². The van der Waals surface area contributed by atoms with Crippen LogP contribution in [0, 0.1) is 0 Å². The van der Waals surface area contributed by atoms with Crippen molar-refractivity contribution in [3.63, 3.8) is 0 Å². The minimum absolute atomic E-state index is 0.178. The summed E-state index contributed by atoms with van der Waals surface area (Å²) in [6, 6.07) is 21.4. The lowest BCUT2D eigenvalue weighted by Crippen LogP contribution is -2.17. The molecule has 30 heavy (non-hydrogen) atoms. The Kier molecular flexibility index (Phi) is 4.78. The number of pyridine rings is 1. The molecule has 0 aliphatic carbocycles. The third-order valence-electron chi connectivity index (χ3n) is 4.68. The van der Waals surface area contributed by atoms with E-state index in [1.165, 1.54) is 16.0 Å². The molecule has 7 heteroatoms.